The summed E-state index contributed by atoms with van der Waals surface area (Å²) in [5.74, 6) is 1.70. The van der Waals surface area contributed by atoms with Crippen molar-refractivity contribution in [2.75, 3.05) is 0 Å². The molecule has 0 radical (unpaired) electrons. The summed E-state index contributed by atoms with van der Waals surface area (Å²) in [7, 11) is 0. The van der Waals surface area contributed by atoms with Crippen LogP contribution in [0.15, 0.2) is 30.6 Å². The number of hydrogen-bond acceptors (Lipinski definition) is 2. The number of aryl methyl sites for hydroxylation is 1. The van der Waals surface area contributed by atoms with Crippen LogP contribution in [0.3, 0.4) is 0 Å². The average molecular weight is 260 g/mol. The highest BCUT2D eigenvalue weighted by molar-refractivity contribution is 5.37. The molecular formula is C15H17FN2O. The van der Waals surface area contributed by atoms with Gasteiger partial charge in [-0.3, -0.25) is 0 Å². The summed E-state index contributed by atoms with van der Waals surface area (Å²) in [6.07, 6.45) is 6.69. The number of imidazole rings is 1. The van der Waals surface area contributed by atoms with Crippen molar-refractivity contribution in [3.63, 3.8) is 0 Å². The van der Waals surface area contributed by atoms with Crippen LogP contribution >= 0.6 is 0 Å². The molecule has 1 aromatic carbocycles. The van der Waals surface area contributed by atoms with E-state index in [1.807, 2.05) is 12.4 Å². The van der Waals surface area contributed by atoms with E-state index in [4.69, 9.17) is 4.74 Å². The predicted molar refractivity (Wildman–Crippen MR) is 70.7 cm³/mol. The van der Waals surface area contributed by atoms with Crippen molar-refractivity contribution >= 4 is 0 Å². The van der Waals surface area contributed by atoms with Crippen LogP contribution < -0.4 is 4.74 Å². The number of fused-ring (bicyclic) bond motifs is 1. The molecule has 0 bridgehead atoms. The van der Waals surface area contributed by atoms with Crippen molar-refractivity contribution in [3.05, 3.63) is 47.8 Å². The Morgan fingerprint density at radius 2 is 2.37 bits per heavy atom. The van der Waals surface area contributed by atoms with Crippen molar-refractivity contribution in [1.82, 2.24) is 9.55 Å². The summed E-state index contributed by atoms with van der Waals surface area (Å²) in [6.45, 7) is 2.91. The van der Waals surface area contributed by atoms with E-state index in [1.165, 1.54) is 6.07 Å². The van der Waals surface area contributed by atoms with Crippen LogP contribution in [0.25, 0.3) is 0 Å². The lowest BCUT2D eigenvalue weighted by molar-refractivity contribution is 0.207. The summed E-state index contributed by atoms with van der Waals surface area (Å²) >= 11 is 0. The number of hydrogen-bond donors (Lipinski definition) is 0. The van der Waals surface area contributed by atoms with Crippen molar-refractivity contribution in [2.45, 2.75) is 38.8 Å². The fraction of sp³-hybridized carbons (Fsp3) is 0.400. The Morgan fingerprint density at radius 3 is 3.21 bits per heavy atom. The highest BCUT2D eigenvalue weighted by atomic mass is 19.1. The molecule has 2 aromatic rings. The maximum absolute atomic E-state index is 13.2. The minimum atomic E-state index is -0.197. The van der Waals surface area contributed by atoms with Gasteiger partial charge in [-0.15, -0.1) is 0 Å². The molecule has 0 saturated carbocycles. The van der Waals surface area contributed by atoms with E-state index in [-0.39, 0.29) is 11.9 Å². The zero-order chi connectivity index (χ0) is 13.2. The fourth-order valence-corrected chi connectivity index (χ4v) is 2.57. The third-order valence-corrected chi connectivity index (χ3v) is 3.44. The molecule has 1 aliphatic rings. The summed E-state index contributed by atoms with van der Waals surface area (Å²) in [5, 5.41) is 0. The Hall–Kier alpha value is -1.84. The van der Waals surface area contributed by atoms with Crippen LogP contribution in [0.1, 0.15) is 24.7 Å². The van der Waals surface area contributed by atoms with Gasteiger partial charge in [0.05, 0.1) is 6.54 Å². The lowest BCUT2D eigenvalue weighted by Crippen LogP contribution is -2.21. The molecule has 0 N–H and O–H groups in total. The lowest BCUT2D eigenvalue weighted by Gasteiger charge is -2.13. The minimum absolute atomic E-state index is 0.0709. The van der Waals surface area contributed by atoms with Crippen LogP contribution in [0.2, 0.25) is 0 Å². The van der Waals surface area contributed by atoms with Gasteiger partial charge in [0.2, 0.25) is 0 Å². The molecule has 0 spiro atoms. The second-order valence-electron chi connectivity index (χ2n) is 4.94. The first kappa shape index (κ1) is 12.2. The molecule has 2 heterocycles. The monoisotopic (exact) mass is 260 g/mol. The molecule has 100 valence electrons. The van der Waals surface area contributed by atoms with E-state index < -0.39 is 0 Å². The van der Waals surface area contributed by atoms with Gasteiger partial charge in [-0.2, -0.15) is 0 Å². The van der Waals surface area contributed by atoms with Gasteiger partial charge in [-0.25, -0.2) is 9.37 Å². The third kappa shape index (κ3) is 2.48. The summed E-state index contributed by atoms with van der Waals surface area (Å²) in [5.41, 5.74) is 0.960. The van der Waals surface area contributed by atoms with Gasteiger partial charge in [-0.1, -0.05) is 6.92 Å². The molecule has 0 amide bonds. The lowest BCUT2D eigenvalue weighted by atomic mass is 10.1. The molecule has 3 rings (SSSR count). The normalized spacial score (nSPS) is 17.3. The Kier molecular flexibility index (Phi) is 3.23. The van der Waals surface area contributed by atoms with Crippen molar-refractivity contribution in [1.29, 1.82) is 0 Å². The van der Waals surface area contributed by atoms with Gasteiger partial charge in [0.25, 0.3) is 0 Å². The third-order valence-electron chi connectivity index (χ3n) is 3.44. The predicted octanol–water partition coefficient (Wildman–Crippen LogP) is 2.98. The first-order valence-electron chi connectivity index (χ1n) is 6.71. The maximum atomic E-state index is 13.2. The highest BCUT2D eigenvalue weighted by Gasteiger charge is 2.24. The van der Waals surface area contributed by atoms with Crippen LogP contribution in [0, 0.1) is 5.82 Å². The summed E-state index contributed by atoms with van der Waals surface area (Å²) in [6, 6.07) is 4.72. The zero-order valence-corrected chi connectivity index (χ0v) is 11.0. The Bertz CT molecular complexity index is 579. The largest absolute Gasteiger partial charge is 0.488 e. The molecule has 1 aromatic heterocycles. The Morgan fingerprint density at radius 1 is 1.47 bits per heavy atom. The standard InChI is InChI=1S/C15H17FN2O/c1-2-3-15-17-6-7-18(15)10-13-9-11-8-12(16)4-5-14(11)19-13/h4-8,13H,2-3,9-10H2,1H3. The number of benzene rings is 1. The molecule has 4 heteroatoms. The SMILES string of the molecule is CCCc1nccn1CC1Cc2cc(F)ccc2O1. The molecular weight excluding hydrogens is 243 g/mol. The first-order valence-corrected chi connectivity index (χ1v) is 6.71. The molecule has 3 nitrogen and oxygen atoms in total. The number of halogens is 1. The number of rotatable bonds is 4. The van der Waals surface area contributed by atoms with Crippen molar-refractivity contribution in [3.8, 4) is 5.75 Å². The molecule has 0 aliphatic carbocycles. The second kappa shape index (κ2) is 5.03. The number of nitrogens with zero attached hydrogens (tertiary/aromatic N) is 2. The second-order valence-corrected chi connectivity index (χ2v) is 4.94. The minimum Gasteiger partial charge on any atom is -0.488 e. The topological polar surface area (TPSA) is 27.1 Å². The molecule has 1 aliphatic heterocycles. The molecule has 1 atom stereocenters. The van der Waals surface area contributed by atoms with E-state index in [0.29, 0.717) is 0 Å². The van der Waals surface area contributed by atoms with Crippen molar-refractivity contribution in [2.24, 2.45) is 0 Å². The molecule has 1 unspecified atom stereocenters. The van der Waals surface area contributed by atoms with Crippen LogP contribution in [0.5, 0.6) is 5.75 Å². The smallest absolute Gasteiger partial charge is 0.123 e. The number of aromatic nitrogens is 2. The van der Waals surface area contributed by atoms with Crippen molar-refractivity contribution < 1.29 is 9.13 Å². The summed E-state index contributed by atoms with van der Waals surface area (Å²) < 4.78 is 21.1. The Labute approximate surface area is 112 Å². The van der Waals surface area contributed by atoms with Crippen LogP contribution in [0.4, 0.5) is 4.39 Å². The van der Waals surface area contributed by atoms with E-state index in [2.05, 4.69) is 16.5 Å². The van der Waals surface area contributed by atoms with E-state index >= 15 is 0 Å². The molecule has 19 heavy (non-hydrogen) atoms. The first-order chi connectivity index (χ1) is 9.26. The van der Waals surface area contributed by atoms with Gasteiger partial charge in [-0.05, 0) is 24.6 Å². The van der Waals surface area contributed by atoms with Crippen LogP contribution in [-0.4, -0.2) is 15.7 Å². The van der Waals surface area contributed by atoms with E-state index in [9.17, 15) is 4.39 Å². The zero-order valence-electron chi connectivity index (χ0n) is 11.0. The highest BCUT2D eigenvalue weighted by Crippen LogP contribution is 2.30. The van der Waals surface area contributed by atoms with Crippen LogP contribution in [-0.2, 0) is 19.4 Å². The number of ether oxygens (including phenoxy) is 1. The fourth-order valence-electron chi connectivity index (χ4n) is 2.57. The quantitative estimate of drug-likeness (QED) is 0.845. The molecule has 0 saturated heterocycles. The van der Waals surface area contributed by atoms with E-state index in [1.54, 1.807) is 12.1 Å². The van der Waals surface area contributed by atoms with Gasteiger partial charge >= 0.3 is 0 Å². The Balaban J connectivity index is 1.71. The van der Waals surface area contributed by atoms with Gasteiger partial charge in [0, 0.05) is 30.8 Å². The average Bonchev–Trinajstić information content (AvgIpc) is 2.97. The maximum Gasteiger partial charge on any atom is 0.123 e. The van der Waals surface area contributed by atoms with Gasteiger partial charge in [0.1, 0.15) is 23.5 Å². The van der Waals surface area contributed by atoms with E-state index in [0.717, 1.165) is 42.9 Å². The van der Waals surface area contributed by atoms with Gasteiger partial charge in [0.15, 0.2) is 0 Å². The molecule has 0 fully saturated rings. The summed E-state index contributed by atoms with van der Waals surface area (Å²) in [4.78, 5) is 4.36. The van der Waals surface area contributed by atoms with Gasteiger partial charge < -0.3 is 9.30 Å².